The van der Waals surface area contributed by atoms with Gasteiger partial charge in [-0.1, -0.05) is 50.1 Å². The van der Waals surface area contributed by atoms with Gasteiger partial charge in [-0.25, -0.2) is 8.42 Å². The second-order valence-corrected chi connectivity index (χ2v) is 10.5. The van der Waals surface area contributed by atoms with Gasteiger partial charge in [0.15, 0.2) is 0 Å². The van der Waals surface area contributed by atoms with Gasteiger partial charge in [0.05, 0.1) is 19.1 Å². The summed E-state index contributed by atoms with van der Waals surface area (Å²) in [5, 5.41) is 2.91. The third-order valence-electron chi connectivity index (χ3n) is 5.73. The van der Waals surface area contributed by atoms with Gasteiger partial charge >= 0.3 is 0 Å². The van der Waals surface area contributed by atoms with Crippen LogP contribution in [0.25, 0.3) is 0 Å². The molecule has 0 spiro atoms. The van der Waals surface area contributed by atoms with Crippen molar-refractivity contribution in [1.29, 1.82) is 0 Å². The largest absolute Gasteiger partial charge is 0.497 e. The minimum atomic E-state index is -3.74. The predicted molar refractivity (Wildman–Crippen MR) is 139 cm³/mol. The van der Waals surface area contributed by atoms with Crippen LogP contribution in [0.2, 0.25) is 0 Å². The maximum Gasteiger partial charge on any atom is 0.244 e. The normalized spacial score (nSPS) is 12.0. The lowest BCUT2D eigenvalue weighted by Gasteiger charge is -2.33. The van der Waals surface area contributed by atoms with Crippen molar-refractivity contribution in [3.63, 3.8) is 0 Å². The highest BCUT2D eigenvalue weighted by Gasteiger charge is 2.31. The standard InChI is InChI=1S/C26H37N3O5S/c1-6-8-17-27-26(31)24(7-2)28(18-21-11-15-23(34-4)16-12-21)25(30)19-29(35(5,32)33)22-13-9-20(3)10-14-22/h9-16,24H,6-8,17-19H2,1-5H3,(H,27,31)/t24-/m1/s1. The fourth-order valence-corrected chi connectivity index (χ4v) is 4.53. The van der Waals surface area contributed by atoms with Crippen molar-refractivity contribution in [3.05, 3.63) is 59.7 Å². The quantitative estimate of drug-likeness (QED) is 0.422. The first-order valence-corrected chi connectivity index (χ1v) is 13.7. The van der Waals surface area contributed by atoms with Crippen LogP contribution in [0.3, 0.4) is 0 Å². The number of unbranched alkanes of at least 4 members (excludes halogenated alkanes) is 1. The molecule has 0 fully saturated rings. The molecule has 1 N–H and O–H groups in total. The smallest absolute Gasteiger partial charge is 0.244 e. The number of benzene rings is 2. The zero-order chi connectivity index (χ0) is 26.0. The number of sulfonamides is 1. The molecule has 0 saturated heterocycles. The molecule has 2 amide bonds. The van der Waals surface area contributed by atoms with Crippen molar-refractivity contribution in [2.45, 2.75) is 52.6 Å². The van der Waals surface area contributed by atoms with Gasteiger partial charge in [-0.3, -0.25) is 13.9 Å². The Bertz CT molecular complexity index is 1070. The van der Waals surface area contributed by atoms with E-state index in [-0.39, 0.29) is 12.5 Å². The van der Waals surface area contributed by atoms with Crippen LogP contribution in [0, 0.1) is 6.92 Å². The first-order valence-electron chi connectivity index (χ1n) is 11.8. The zero-order valence-corrected chi connectivity index (χ0v) is 22.1. The number of nitrogens with zero attached hydrogens (tertiary/aromatic N) is 2. The lowest BCUT2D eigenvalue weighted by molar-refractivity contribution is -0.140. The minimum Gasteiger partial charge on any atom is -0.497 e. The van der Waals surface area contributed by atoms with E-state index in [2.05, 4.69) is 5.32 Å². The van der Waals surface area contributed by atoms with Crippen LogP contribution < -0.4 is 14.4 Å². The number of anilines is 1. The Morgan fingerprint density at radius 2 is 1.66 bits per heavy atom. The van der Waals surface area contributed by atoms with Gasteiger partial charge in [-0.05, 0) is 49.6 Å². The van der Waals surface area contributed by atoms with Crippen molar-refractivity contribution in [2.24, 2.45) is 0 Å². The summed E-state index contributed by atoms with van der Waals surface area (Å²) >= 11 is 0. The number of ether oxygens (including phenoxy) is 1. The Morgan fingerprint density at radius 3 is 2.17 bits per heavy atom. The summed E-state index contributed by atoms with van der Waals surface area (Å²) in [6.07, 6.45) is 3.24. The second kappa shape index (κ2) is 13.1. The summed E-state index contributed by atoms with van der Waals surface area (Å²) < 4.78 is 31.5. The average molecular weight is 504 g/mol. The molecular formula is C26H37N3O5S. The average Bonchev–Trinajstić information content (AvgIpc) is 2.83. The highest BCUT2D eigenvalue weighted by Crippen LogP contribution is 2.21. The molecule has 2 rings (SSSR count). The van der Waals surface area contributed by atoms with Gasteiger partial charge in [0.1, 0.15) is 18.3 Å². The van der Waals surface area contributed by atoms with E-state index in [4.69, 9.17) is 4.74 Å². The van der Waals surface area contributed by atoms with E-state index in [1.54, 1.807) is 43.5 Å². The van der Waals surface area contributed by atoms with Gasteiger partial charge in [-0.2, -0.15) is 0 Å². The number of amides is 2. The van der Waals surface area contributed by atoms with E-state index < -0.39 is 28.5 Å². The molecule has 0 aromatic heterocycles. The Labute approximate surface area is 209 Å². The summed E-state index contributed by atoms with van der Waals surface area (Å²) in [5.74, 6) is -0.0213. The van der Waals surface area contributed by atoms with Gasteiger partial charge in [0.2, 0.25) is 21.8 Å². The van der Waals surface area contributed by atoms with E-state index in [0.29, 0.717) is 24.4 Å². The molecule has 0 saturated carbocycles. The molecular weight excluding hydrogens is 466 g/mol. The molecule has 192 valence electrons. The van der Waals surface area contributed by atoms with E-state index in [9.17, 15) is 18.0 Å². The third kappa shape index (κ3) is 8.28. The first-order chi connectivity index (χ1) is 16.6. The van der Waals surface area contributed by atoms with Crippen molar-refractivity contribution < 1.29 is 22.7 Å². The highest BCUT2D eigenvalue weighted by atomic mass is 32.2. The third-order valence-corrected chi connectivity index (χ3v) is 6.87. The molecule has 2 aromatic carbocycles. The van der Waals surface area contributed by atoms with Crippen LogP contribution in [0.15, 0.2) is 48.5 Å². The maximum absolute atomic E-state index is 13.6. The summed E-state index contributed by atoms with van der Waals surface area (Å²) in [5.41, 5.74) is 2.18. The van der Waals surface area contributed by atoms with Crippen molar-refractivity contribution in [1.82, 2.24) is 10.2 Å². The molecule has 0 bridgehead atoms. The van der Waals surface area contributed by atoms with E-state index in [1.165, 1.54) is 4.90 Å². The first kappa shape index (κ1) is 28.2. The van der Waals surface area contributed by atoms with Gasteiger partial charge in [0, 0.05) is 13.1 Å². The lowest BCUT2D eigenvalue weighted by atomic mass is 10.1. The van der Waals surface area contributed by atoms with Crippen LogP contribution in [0.5, 0.6) is 5.75 Å². The molecule has 1 atom stereocenters. The zero-order valence-electron chi connectivity index (χ0n) is 21.3. The Balaban J connectivity index is 2.38. The number of methoxy groups -OCH3 is 1. The fraction of sp³-hybridized carbons (Fsp3) is 0.462. The Kier molecular flexibility index (Phi) is 10.6. The number of nitrogens with one attached hydrogen (secondary N) is 1. The molecule has 0 heterocycles. The summed E-state index contributed by atoms with van der Waals surface area (Å²) in [6.45, 7) is 6.06. The van der Waals surface area contributed by atoms with Gasteiger partial charge < -0.3 is 15.0 Å². The Morgan fingerprint density at radius 1 is 1.03 bits per heavy atom. The molecule has 0 unspecified atom stereocenters. The van der Waals surface area contributed by atoms with E-state index >= 15 is 0 Å². The topological polar surface area (TPSA) is 96.0 Å². The summed E-state index contributed by atoms with van der Waals surface area (Å²) in [7, 11) is -2.17. The number of carbonyl (C=O) groups is 2. The molecule has 8 nitrogen and oxygen atoms in total. The number of carbonyl (C=O) groups excluding carboxylic acids is 2. The number of hydrogen-bond donors (Lipinski definition) is 1. The van der Waals surface area contributed by atoms with Crippen LogP contribution in [0.4, 0.5) is 5.69 Å². The number of rotatable bonds is 13. The highest BCUT2D eigenvalue weighted by molar-refractivity contribution is 7.92. The maximum atomic E-state index is 13.6. The van der Waals surface area contributed by atoms with Crippen molar-refractivity contribution in [2.75, 3.05) is 30.8 Å². The molecule has 0 radical (unpaired) electrons. The SMILES string of the molecule is CCCCNC(=O)[C@@H](CC)N(Cc1ccc(OC)cc1)C(=O)CN(c1ccc(C)cc1)S(C)(=O)=O. The number of hydrogen-bond acceptors (Lipinski definition) is 5. The van der Waals surface area contributed by atoms with Crippen molar-refractivity contribution in [3.8, 4) is 5.75 Å². The molecule has 0 aliphatic heterocycles. The van der Waals surface area contributed by atoms with E-state index in [1.807, 2.05) is 32.9 Å². The molecule has 2 aromatic rings. The molecule has 35 heavy (non-hydrogen) atoms. The second-order valence-electron chi connectivity index (χ2n) is 8.54. The molecule has 9 heteroatoms. The van der Waals surface area contributed by atoms with E-state index in [0.717, 1.165) is 34.5 Å². The van der Waals surface area contributed by atoms with Gasteiger partial charge in [0.25, 0.3) is 0 Å². The fourth-order valence-electron chi connectivity index (χ4n) is 3.68. The van der Waals surface area contributed by atoms with Crippen LogP contribution in [-0.2, 0) is 26.2 Å². The predicted octanol–water partition coefficient (Wildman–Crippen LogP) is 3.49. The van der Waals surface area contributed by atoms with Crippen LogP contribution >= 0.6 is 0 Å². The van der Waals surface area contributed by atoms with Crippen molar-refractivity contribution >= 4 is 27.5 Å². The molecule has 0 aliphatic rings. The lowest BCUT2D eigenvalue weighted by Crippen LogP contribution is -2.52. The Hall–Kier alpha value is -3.07. The summed E-state index contributed by atoms with van der Waals surface area (Å²) in [6, 6.07) is 13.4. The number of aryl methyl sites for hydroxylation is 1. The van der Waals surface area contributed by atoms with Crippen LogP contribution in [-0.4, -0.2) is 57.6 Å². The monoisotopic (exact) mass is 503 g/mol. The van der Waals surface area contributed by atoms with Gasteiger partial charge in [-0.15, -0.1) is 0 Å². The molecule has 0 aliphatic carbocycles. The summed E-state index contributed by atoms with van der Waals surface area (Å²) in [4.78, 5) is 28.1. The minimum absolute atomic E-state index is 0.161. The van der Waals surface area contributed by atoms with Crippen LogP contribution in [0.1, 0.15) is 44.2 Å².